The summed E-state index contributed by atoms with van der Waals surface area (Å²) >= 11 is 0. The van der Waals surface area contributed by atoms with Crippen LogP contribution in [0, 0.1) is 7.05 Å². The van der Waals surface area contributed by atoms with Crippen LogP contribution in [0.25, 0.3) is 0 Å². The van der Waals surface area contributed by atoms with E-state index < -0.39 is 5.54 Å². The van der Waals surface area contributed by atoms with Crippen LogP contribution in [0.15, 0.2) is 0 Å². The molecule has 0 aromatic rings. The van der Waals surface area contributed by atoms with E-state index in [2.05, 4.69) is 17.7 Å². The van der Waals surface area contributed by atoms with Crippen LogP contribution >= 0.6 is 0 Å². The van der Waals surface area contributed by atoms with E-state index in [1.165, 1.54) is 6.92 Å². The van der Waals surface area contributed by atoms with E-state index in [4.69, 9.17) is 0 Å². The molecular weight excluding hydrogens is 376 g/mol. The van der Waals surface area contributed by atoms with Crippen molar-refractivity contribution < 1.29 is 30.7 Å². The Morgan fingerprint density at radius 1 is 1.06 bits per heavy atom. The molecule has 0 heterocycles. The Bertz CT molecular complexity index is 183. The van der Waals surface area contributed by atoms with Crippen molar-refractivity contribution in [2.45, 2.75) is 54.0 Å². The molecule has 0 aliphatic heterocycles. The van der Waals surface area contributed by atoms with E-state index in [0.717, 1.165) is 0 Å². The fourth-order valence-corrected chi connectivity index (χ4v) is 0.718. The first-order chi connectivity index (χ1) is 6.90. The molecule has 16 heavy (non-hydrogen) atoms. The molecule has 4 nitrogen and oxygen atoms in total. The Balaban J connectivity index is -0.000000129. The van der Waals surface area contributed by atoms with Gasteiger partial charge in [-0.15, -0.1) is 0 Å². The molecule has 0 saturated carbocycles. The molecule has 0 unspecified atom stereocenters. The van der Waals surface area contributed by atoms with Crippen molar-refractivity contribution in [3.05, 3.63) is 7.05 Å². The molecule has 0 aromatic heterocycles. The van der Waals surface area contributed by atoms with E-state index >= 15 is 0 Å². The summed E-state index contributed by atoms with van der Waals surface area (Å²) in [7, 11) is 3.21. The molecule has 0 aliphatic rings. The van der Waals surface area contributed by atoms with Crippen LogP contribution in [0.3, 0.4) is 0 Å². The van der Waals surface area contributed by atoms with Gasteiger partial charge >= 0.3 is 0 Å². The molecule has 5 heteroatoms. The topological polar surface area (TPSA) is 58.2 Å². The maximum absolute atomic E-state index is 11.0. The zero-order valence-electron chi connectivity index (χ0n) is 11.4. The predicted octanol–water partition coefficient (Wildman–Crippen LogP) is 1.86. The molecule has 98 valence electrons. The van der Waals surface area contributed by atoms with E-state index in [1.807, 2.05) is 27.7 Å². The van der Waals surface area contributed by atoms with E-state index in [0.29, 0.717) is 0 Å². The van der Waals surface area contributed by atoms with Gasteiger partial charge in [-0.25, -0.2) is 0 Å². The van der Waals surface area contributed by atoms with Gasteiger partial charge in [0.2, 0.25) is 11.8 Å². The van der Waals surface area contributed by atoms with Crippen molar-refractivity contribution in [2.24, 2.45) is 0 Å². The minimum atomic E-state index is -0.881. The van der Waals surface area contributed by atoms with Gasteiger partial charge in [0, 0.05) is 28.0 Å². The first kappa shape index (κ1) is 24.7. The third-order valence-corrected chi connectivity index (χ3v) is 1.22. The van der Waals surface area contributed by atoms with Crippen molar-refractivity contribution in [2.75, 3.05) is 0 Å². The third kappa shape index (κ3) is 13.6. The summed E-state index contributed by atoms with van der Waals surface area (Å²) in [6.07, 6.45) is 0. The van der Waals surface area contributed by atoms with Crippen molar-refractivity contribution in [3.63, 3.8) is 0 Å². The van der Waals surface area contributed by atoms with Gasteiger partial charge in [-0.05, 0) is 13.8 Å². The number of rotatable bonds is 2. The summed E-state index contributed by atoms with van der Waals surface area (Å²) < 4.78 is 0. The Kier molecular flexibility index (Phi) is 22.6. The standard InChI is InChI=1S/C7H13N2O2.2C2H6.W/c1-5(10)9-7(2,3)6(11)8-4;2*1-2;/h4H2,1-3H3,(H,8,11)(H,9,10);2*1-2H3;/q-1;;;. The van der Waals surface area contributed by atoms with Crippen molar-refractivity contribution in [1.82, 2.24) is 10.6 Å². The molecule has 0 bridgehead atoms. The average Bonchev–Trinajstić information content (AvgIpc) is 2.20. The maximum Gasteiger partial charge on any atom is 0.217 e. The summed E-state index contributed by atoms with van der Waals surface area (Å²) in [6.45, 7) is 12.6. The zero-order chi connectivity index (χ0) is 13.1. The summed E-state index contributed by atoms with van der Waals surface area (Å²) in [6, 6.07) is 0. The molecule has 0 radical (unpaired) electrons. The fourth-order valence-electron chi connectivity index (χ4n) is 0.718. The van der Waals surface area contributed by atoms with Gasteiger partial charge in [0.25, 0.3) is 0 Å². The predicted molar refractivity (Wildman–Crippen MR) is 64.1 cm³/mol. The molecule has 0 fully saturated rings. The normalized spacial score (nSPS) is 8.00. The number of hydrogen-bond donors (Lipinski definition) is 2. The first-order valence-electron chi connectivity index (χ1n) is 5.26. The minimum Gasteiger partial charge on any atom is -0.506 e. The van der Waals surface area contributed by atoms with Gasteiger partial charge in [0.05, 0.1) is 0 Å². The molecule has 0 atom stereocenters. The monoisotopic (exact) mass is 401 g/mol. The first-order valence-corrected chi connectivity index (χ1v) is 5.26. The summed E-state index contributed by atoms with van der Waals surface area (Å²) in [5.74, 6) is -0.550. The molecule has 0 spiro atoms. The van der Waals surface area contributed by atoms with Gasteiger partial charge in [0.1, 0.15) is 5.54 Å². The molecule has 0 rings (SSSR count). The zero-order valence-corrected chi connectivity index (χ0v) is 14.4. The Hall–Kier alpha value is -0.372. The summed E-state index contributed by atoms with van der Waals surface area (Å²) in [5.41, 5.74) is -0.881. The van der Waals surface area contributed by atoms with Gasteiger partial charge in [-0.3, -0.25) is 16.6 Å². The van der Waals surface area contributed by atoms with Crippen LogP contribution < -0.4 is 10.6 Å². The SMILES string of the molecule is CC.CC.[CH2-]NC(=O)C(C)(C)NC(C)=O.[W]. The molecule has 2 N–H and O–H groups in total. The van der Waals surface area contributed by atoms with Crippen LogP contribution in [-0.2, 0) is 30.7 Å². The third-order valence-electron chi connectivity index (χ3n) is 1.22. The van der Waals surface area contributed by atoms with E-state index in [-0.39, 0.29) is 32.9 Å². The molecular formula is C11H25N2O2W-. The number of nitrogens with one attached hydrogen (secondary N) is 2. The molecule has 2 amide bonds. The second-order valence-corrected chi connectivity index (χ2v) is 2.81. The Labute approximate surface area is 114 Å². The second kappa shape index (κ2) is 14.6. The molecule has 0 aliphatic carbocycles. The van der Waals surface area contributed by atoms with E-state index in [9.17, 15) is 9.59 Å². The van der Waals surface area contributed by atoms with Crippen LogP contribution in [0.2, 0.25) is 0 Å². The number of amides is 2. The van der Waals surface area contributed by atoms with Crippen LogP contribution in [-0.4, -0.2) is 17.4 Å². The van der Waals surface area contributed by atoms with Crippen LogP contribution in [0.4, 0.5) is 0 Å². The van der Waals surface area contributed by atoms with Crippen molar-refractivity contribution in [3.8, 4) is 0 Å². The van der Waals surface area contributed by atoms with Gasteiger partial charge in [0.15, 0.2) is 0 Å². The fraction of sp³-hybridized carbons (Fsp3) is 0.727. The summed E-state index contributed by atoms with van der Waals surface area (Å²) in [5, 5.41) is 4.69. The number of carbonyl (C=O) groups is 2. The second-order valence-electron chi connectivity index (χ2n) is 2.81. The largest absolute Gasteiger partial charge is 0.506 e. The van der Waals surface area contributed by atoms with Crippen molar-refractivity contribution in [1.29, 1.82) is 0 Å². The van der Waals surface area contributed by atoms with Crippen molar-refractivity contribution >= 4 is 11.8 Å². The van der Waals surface area contributed by atoms with Gasteiger partial charge in [-0.2, -0.15) is 0 Å². The van der Waals surface area contributed by atoms with Gasteiger partial charge in [-0.1, -0.05) is 27.7 Å². The Morgan fingerprint density at radius 2 is 1.38 bits per heavy atom. The number of carbonyl (C=O) groups excluding carboxylic acids is 2. The molecule has 0 saturated heterocycles. The minimum absolute atomic E-state index is 0. The van der Waals surface area contributed by atoms with E-state index in [1.54, 1.807) is 13.8 Å². The summed E-state index contributed by atoms with van der Waals surface area (Å²) in [4.78, 5) is 21.5. The van der Waals surface area contributed by atoms with Gasteiger partial charge < -0.3 is 10.6 Å². The average molecular weight is 401 g/mol. The number of hydrogen-bond acceptors (Lipinski definition) is 2. The smallest absolute Gasteiger partial charge is 0.217 e. The molecule has 0 aromatic carbocycles. The quantitative estimate of drug-likeness (QED) is 0.695. The maximum atomic E-state index is 11.0. The van der Waals surface area contributed by atoms with Crippen LogP contribution in [0.1, 0.15) is 48.5 Å². The van der Waals surface area contributed by atoms with Crippen LogP contribution in [0.5, 0.6) is 0 Å². The Morgan fingerprint density at radius 3 is 1.56 bits per heavy atom.